The first-order valence-corrected chi connectivity index (χ1v) is 10.2. The highest BCUT2D eigenvalue weighted by atomic mass is 16.3. The van der Waals surface area contributed by atoms with E-state index < -0.39 is 6.23 Å². The third kappa shape index (κ3) is 6.14. The number of rotatable bonds is 9. The van der Waals surface area contributed by atoms with Gasteiger partial charge in [-0.25, -0.2) is 0 Å². The van der Waals surface area contributed by atoms with Gasteiger partial charge in [-0.15, -0.1) is 0 Å². The van der Waals surface area contributed by atoms with Crippen molar-refractivity contribution in [2.75, 3.05) is 20.2 Å². The Hall–Kier alpha value is -1.72. The number of hydrogen-bond acceptors (Lipinski definition) is 4. The normalized spacial score (nSPS) is 15.1. The van der Waals surface area contributed by atoms with Crippen molar-refractivity contribution in [3.63, 3.8) is 0 Å². The van der Waals surface area contributed by atoms with Crippen LogP contribution in [0.15, 0.2) is 42.5 Å². The maximum Gasteiger partial charge on any atom is 0.133 e. The van der Waals surface area contributed by atoms with Crippen LogP contribution in [0.3, 0.4) is 0 Å². The Morgan fingerprint density at radius 3 is 2.11 bits per heavy atom. The molecule has 2 aromatic carbocycles. The summed E-state index contributed by atoms with van der Waals surface area (Å²) in [6.07, 6.45) is -0.658. The van der Waals surface area contributed by atoms with Gasteiger partial charge in [-0.3, -0.25) is 4.90 Å². The molecule has 3 atom stereocenters. The summed E-state index contributed by atoms with van der Waals surface area (Å²) in [6, 6.07) is 14.9. The molecule has 0 fully saturated rings. The maximum absolute atomic E-state index is 11.0. The molecule has 0 spiro atoms. The predicted molar refractivity (Wildman–Crippen MR) is 117 cm³/mol. The van der Waals surface area contributed by atoms with Gasteiger partial charge in [0.05, 0.1) is 6.61 Å². The van der Waals surface area contributed by atoms with Crippen LogP contribution in [-0.4, -0.2) is 41.4 Å². The molecule has 4 nitrogen and oxygen atoms in total. The number of aryl methyl sites for hydroxylation is 1. The summed E-state index contributed by atoms with van der Waals surface area (Å²) in [7, 11) is 1.96. The third-order valence-corrected chi connectivity index (χ3v) is 5.04. The van der Waals surface area contributed by atoms with E-state index in [2.05, 4.69) is 75.5 Å². The van der Waals surface area contributed by atoms with Gasteiger partial charge in [0.2, 0.25) is 0 Å². The highest BCUT2D eigenvalue weighted by Gasteiger charge is 2.18. The molecule has 0 aliphatic rings. The summed E-state index contributed by atoms with van der Waals surface area (Å²) >= 11 is 0. The van der Waals surface area contributed by atoms with Crippen molar-refractivity contribution in [3.05, 3.63) is 59.2 Å². The summed E-state index contributed by atoms with van der Waals surface area (Å²) in [5.41, 5.74) is 5.44. The molecule has 0 radical (unpaired) electrons. The first kappa shape index (κ1) is 22.6. The molecule has 154 valence electrons. The molecule has 28 heavy (non-hydrogen) atoms. The Kier molecular flexibility index (Phi) is 8.20. The Balaban J connectivity index is 2.44. The summed E-state index contributed by atoms with van der Waals surface area (Å²) in [5.74, 6) is 0.477. The topological polar surface area (TPSA) is 55.7 Å². The van der Waals surface area contributed by atoms with Crippen LogP contribution in [0, 0.1) is 12.8 Å². The van der Waals surface area contributed by atoms with Crippen LogP contribution in [0.5, 0.6) is 0 Å². The average Bonchev–Trinajstić information content (AvgIpc) is 2.66. The van der Waals surface area contributed by atoms with Crippen molar-refractivity contribution in [1.82, 2.24) is 10.2 Å². The molecule has 3 unspecified atom stereocenters. The predicted octanol–water partition coefficient (Wildman–Crippen LogP) is 4.27. The fourth-order valence-corrected chi connectivity index (χ4v) is 3.49. The van der Waals surface area contributed by atoms with Crippen LogP contribution >= 0.6 is 0 Å². The van der Waals surface area contributed by atoms with Crippen molar-refractivity contribution >= 4 is 0 Å². The molecule has 0 aromatic heterocycles. The summed E-state index contributed by atoms with van der Waals surface area (Å²) in [5, 5.41) is 23.7. The lowest BCUT2D eigenvalue weighted by Crippen LogP contribution is -2.32. The minimum absolute atomic E-state index is 0.00928. The Morgan fingerprint density at radius 2 is 1.54 bits per heavy atom. The number of nitrogens with one attached hydrogen (secondary N) is 1. The van der Waals surface area contributed by atoms with E-state index in [0.717, 1.165) is 28.8 Å². The largest absolute Gasteiger partial charge is 0.395 e. The van der Waals surface area contributed by atoms with E-state index in [0.29, 0.717) is 5.92 Å². The second-order valence-corrected chi connectivity index (χ2v) is 8.43. The highest BCUT2D eigenvalue weighted by Crippen LogP contribution is 2.29. The van der Waals surface area contributed by atoms with Gasteiger partial charge in [-0.05, 0) is 68.1 Å². The fourth-order valence-electron chi connectivity index (χ4n) is 3.49. The second-order valence-electron chi connectivity index (χ2n) is 8.43. The zero-order chi connectivity index (χ0) is 20.8. The molecule has 0 heterocycles. The first-order chi connectivity index (χ1) is 13.2. The zero-order valence-corrected chi connectivity index (χ0v) is 18.1. The molecule has 0 saturated heterocycles. The van der Waals surface area contributed by atoms with E-state index in [1.165, 1.54) is 5.56 Å². The molecule has 0 aliphatic heterocycles. The number of aliphatic hydroxyl groups is 2. The van der Waals surface area contributed by atoms with Crippen molar-refractivity contribution < 1.29 is 10.2 Å². The number of nitrogens with zero attached hydrogens (tertiary/aromatic N) is 1. The Labute approximate surface area is 170 Å². The molecule has 0 bridgehead atoms. The molecular formula is C24H36N2O2. The smallest absolute Gasteiger partial charge is 0.133 e. The highest BCUT2D eigenvalue weighted by molar-refractivity contribution is 5.66. The van der Waals surface area contributed by atoms with Gasteiger partial charge in [0.15, 0.2) is 0 Å². The lowest BCUT2D eigenvalue weighted by atomic mass is 9.95. The standard InChI is InChI=1S/C24H36N2O2/c1-16(2)14-26(6)24(28)23-12-21(19(5)25-18(4)15-27)11-22(13-23)20-9-7-17(3)8-10-20/h7-13,16,18-19,24-25,27-28H,14-15H2,1-6H3. The van der Waals surface area contributed by atoms with Crippen LogP contribution in [0.2, 0.25) is 0 Å². The minimum Gasteiger partial charge on any atom is -0.395 e. The van der Waals surface area contributed by atoms with Gasteiger partial charge in [0.1, 0.15) is 6.23 Å². The molecule has 4 heteroatoms. The van der Waals surface area contributed by atoms with Gasteiger partial charge >= 0.3 is 0 Å². The van der Waals surface area contributed by atoms with Crippen LogP contribution in [0.4, 0.5) is 0 Å². The van der Waals surface area contributed by atoms with E-state index in [-0.39, 0.29) is 18.7 Å². The monoisotopic (exact) mass is 384 g/mol. The molecule has 3 N–H and O–H groups in total. The van der Waals surface area contributed by atoms with Crippen molar-refractivity contribution in [2.24, 2.45) is 5.92 Å². The molecule has 0 amide bonds. The van der Waals surface area contributed by atoms with E-state index in [4.69, 9.17) is 0 Å². The molecular weight excluding hydrogens is 348 g/mol. The molecule has 2 aromatic rings. The van der Waals surface area contributed by atoms with Gasteiger partial charge in [-0.2, -0.15) is 0 Å². The molecule has 0 aliphatic carbocycles. The summed E-state index contributed by atoms with van der Waals surface area (Å²) in [4.78, 5) is 1.98. The van der Waals surface area contributed by atoms with Gasteiger partial charge in [0.25, 0.3) is 0 Å². The summed E-state index contributed by atoms with van der Waals surface area (Å²) < 4.78 is 0. The van der Waals surface area contributed by atoms with Gasteiger partial charge in [0, 0.05) is 18.6 Å². The van der Waals surface area contributed by atoms with Crippen molar-refractivity contribution in [1.29, 1.82) is 0 Å². The van der Waals surface area contributed by atoms with Crippen molar-refractivity contribution in [2.45, 2.75) is 52.9 Å². The molecule has 0 saturated carbocycles. The first-order valence-electron chi connectivity index (χ1n) is 10.2. The molecule has 2 rings (SSSR count). The van der Waals surface area contributed by atoms with Crippen LogP contribution in [-0.2, 0) is 0 Å². The minimum atomic E-state index is -0.658. The van der Waals surface area contributed by atoms with Gasteiger partial charge < -0.3 is 15.5 Å². The maximum atomic E-state index is 11.0. The lowest BCUT2D eigenvalue weighted by molar-refractivity contribution is 0.0136. The fraction of sp³-hybridized carbons (Fsp3) is 0.500. The number of benzene rings is 2. The Morgan fingerprint density at radius 1 is 0.929 bits per heavy atom. The number of aliphatic hydroxyl groups excluding tert-OH is 2. The van der Waals surface area contributed by atoms with E-state index >= 15 is 0 Å². The van der Waals surface area contributed by atoms with E-state index in [1.807, 2.05) is 18.9 Å². The summed E-state index contributed by atoms with van der Waals surface area (Å²) in [6.45, 7) is 11.4. The quantitative estimate of drug-likeness (QED) is 0.565. The average molecular weight is 385 g/mol. The van der Waals surface area contributed by atoms with E-state index in [1.54, 1.807) is 0 Å². The van der Waals surface area contributed by atoms with E-state index in [9.17, 15) is 10.2 Å². The number of hydrogen-bond donors (Lipinski definition) is 3. The third-order valence-electron chi connectivity index (χ3n) is 5.04. The van der Waals surface area contributed by atoms with Crippen molar-refractivity contribution in [3.8, 4) is 11.1 Å². The zero-order valence-electron chi connectivity index (χ0n) is 18.1. The van der Waals surface area contributed by atoms with Crippen LogP contribution in [0.1, 0.15) is 56.7 Å². The Bertz CT molecular complexity index is 743. The van der Waals surface area contributed by atoms with Crippen LogP contribution < -0.4 is 5.32 Å². The SMILES string of the molecule is Cc1ccc(-c2cc(C(C)NC(C)CO)cc(C(O)N(C)CC(C)C)c2)cc1. The van der Waals surface area contributed by atoms with Gasteiger partial charge in [-0.1, -0.05) is 49.7 Å². The van der Waals surface area contributed by atoms with Crippen LogP contribution in [0.25, 0.3) is 11.1 Å². The second kappa shape index (κ2) is 10.2. The lowest BCUT2D eigenvalue weighted by Gasteiger charge is -2.27.